The van der Waals surface area contributed by atoms with Crippen LogP contribution in [0.25, 0.3) is 0 Å². The van der Waals surface area contributed by atoms with E-state index in [9.17, 15) is 0 Å². The number of rotatable bonds is 7. The van der Waals surface area contributed by atoms with E-state index in [1.165, 1.54) is 24.1 Å². The number of methoxy groups -OCH3 is 1. The summed E-state index contributed by atoms with van der Waals surface area (Å²) in [5, 5.41) is 0. The van der Waals surface area contributed by atoms with Gasteiger partial charge < -0.3 is 15.4 Å². The first kappa shape index (κ1) is 15.8. The number of anilines is 1. The average Bonchev–Trinajstić information content (AvgIpc) is 3.23. The summed E-state index contributed by atoms with van der Waals surface area (Å²) < 4.78 is 6.39. The molecule has 1 aliphatic rings. The summed E-state index contributed by atoms with van der Waals surface area (Å²) in [5.41, 5.74) is 8.60. The SMILES string of the molecule is COCCN(c1cc(Br)ccc1C(C)N)C(C)C1CC1. The molecule has 0 bridgehead atoms. The van der Waals surface area contributed by atoms with Crippen molar-refractivity contribution in [3.05, 3.63) is 28.2 Å². The van der Waals surface area contributed by atoms with Gasteiger partial charge in [0.2, 0.25) is 0 Å². The van der Waals surface area contributed by atoms with Gasteiger partial charge in [0.05, 0.1) is 6.61 Å². The Morgan fingerprint density at radius 3 is 2.65 bits per heavy atom. The number of benzene rings is 1. The number of hydrogen-bond donors (Lipinski definition) is 1. The lowest BCUT2D eigenvalue weighted by atomic mass is 10.0. The number of nitrogens with two attached hydrogens (primary N) is 1. The van der Waals surface area contributed by atoms with E-state index in [0.29, 0.717) is 6.04 Å². The molecular formula is C16H25BrN2O. The largest absolute Gasteiger partial charge is 0.383 e. The van der Waals surface area contributed by atoms with Crippen LogP contribution in [0.5, 0.6) is 0 Å². The maximum Gasteiger partial charge on any atom is 0.0637 e. The molecule has 2 unspecified atom stereocenters. The molecule has 0 aromatic heterocycles. The van der Waals surface area contributed by atoms with Crippen LogP contribution >= 0.6 is 15.9 Å². The number of halogens is 1. The highest BCUT2D eigenvalue weighted by Crippen LogP contribution is 2.39. The van der Waals surface area contributed by atoms with Gasteiger partial charge in [-0.25, -0.2) is 0 Å². The maximum absolute atomic E-state index is 6.15. The van der Waals surface area contributed by atoms with Crippen molar-refractivity contribution in [2.75, 3.05) is 25.2 Å². The average molecular weight is 341 g/mol. The Kier molecular flexibility index (Phi) is 5.47. The van der Waals surface area contributed by atoms with Crippen LogP contribution in [0.15, 0.2) is 22.7 Å². The standard InChI is InChI=1S/C16H25BrN2O/c1-11(18)15-7-6-14(17)10-16(15)19(8-9-20-3)12(2)13-4-5-13/h6-7,10-13H,4-5,8-9,18H2,1-3H3. The van der Waals surface area contributed by atoms with Crippen LogP contribution < -0.4 is 10.6 Å². The molecule has 0 aliphatic heterocycles. The summed E-state index contributed by atoms with van der Waals surface area (Å²) >= 11 is 3.58. The molecule has 1 aliphatic carbocycles. The van der Waals surface area contributed by atoms with E-state index in [4.69, 9.17) is 10.5 Å². The van der Waals surface area contributed by atoms with Gasteiger partial charge in [-0.05, 0) is 50.3 Å². The Hall–Kier alpha value is -0.580. The van der Waals surface area contributed by atoms with Crippen LogP contribution in [0.4, 0.5) is 5.69 Å². The molecule has 1 saturated carbocycles. The minimum atomic E-state index is 0.0366. The Labute approximate surface area is 130 Å². The van der Waals surface area contributed by atoms with Crippen LogP contribution in [0.2, 0.25) is 0 Å². The van der Waals surface area contributed by atoms with Crippen LogP contribution in [0, 0.1) is 5.92 Å². The monoisotopic (exact) mass is 340 g/mol. The van der Waals surface area contributed by atoms with Gasteiger partial charge in [-0.3, -0.25) is 0 Å². The zero-order valence-corrected chi connectivity index (χ0v) is 14.2. The lowest BCUT2D eigenvalue weighted by Crippen LogP contribution is -2.38. The lowest BCUT2D eigenvalue weighted by molar-refractivity contribution is 0.202. The normalized spacial score (nSPS) is 17.9. The minimum absolute atomic E-state index is 0.0366. The molecule has 0 spiro atoms. The highest BCUT2D eigenvalue weighted by Gasteiger charge is 2.33. The smallest absolute Gasteiger partial charge is 0.0637 e. The van der Waals surface area contributed by atoms with E-state index in [0.717, 1.165) is 23.5 Å². The van der Waals surface area contributed by atoms with Gasteiger partial charge in [0, 0.05) is 35.9 Å². The molecule has 1 fully saturated rings. The Bertz CT molecular complexity index is 446. The topological polar surface area (TPSA) is 38.5 Å². The van der Waals surface area contributed by atoms with Gasteiger partial charge in [-0.1, -0.05) is 22.0 Å². The number of hydrogen-bond acceptors (Lipinski definition) is 3. The van der Waals surface area contributed by atoms with E-state index >= 15 is 0 Å². The fourth-order valence-electron chi connectivity index (χ4n) is 2.72. The van der Waals surface area contributed by atoms with Gasteiger partial charge in [0.25, 0.3) is 0 Å². The van der Waals surface area contributed by atoms with Crippen molar-refractivity contribution >= 4 is 21.6 Å². The second-order valence-corrected chi connectivity index (χ2v) is 6.67. The zero-order chi connectivity index (χ0) is 14.7. The summed E-state index contributed by atoms with van der Waals surface area (Å²) in [6.45, 7) is 6.01. The minimum Gasteiger partial charge on any atom is -0.383 e. The molecule has 112 valence electrons. The summed E-state index contributed by atoms with van der Waals surface area (Å²) in [5.74, 6) is 0.812. The molecule has 0 amide bonds. The first-order chi connectivity index (χ1) is 9.54. The van der Waals surface area contributed by atoms with Crippen molar-refractivity contribution in [1.82, 2.24) is 0 Å². The van der Waals surface area contributed by atoms with Crippen molar-refractivity contribution in [2.24, 2.45) is 11.7 Å². The fourth-order valence-corrected chi connectivity index (χ4v) is 3.07. The van der Waals surface area contributed by atoms with Crippen molar-refractivity contribution in [3.8, 4) is 0 Å². The Morgan fingerprint density at radius 2 is 2.10 bits per heavy atom. The molecular weight excluding hydrogens is 316 g/mol. The molecule has 0 heterocycles. The summed E-state index contributed by atoms with van der Waals surface area (Å²) in [6, 6.07) is 6.96. The molecule has 0 saturated heterocycles. The maximum atomic E-state index is 6.15. The molecule has 2 atom stereocenters. The van der Waals surface area contributed by atoms with Crippen molar-refractivity contribution < 1.29 is 4.74 Å². The first-order valence-corrected chi connectivity index (χ1v) is 8.14. The van der Waals surface area contributed by atoms with Gasteiger partial charge in [0.15, 0.2) is 0 Å². The summed E-state index contributed by atoms with van der Waals surface area (Å²) in [6.07, 6.45) is 2.68. The fraction of sp³-hybridized carbons (Fsp3) is 0.625. The molecule has 4 heteroatoms. The first-order valence-electron chi connectivity index (χ1n) is 7.35. The second-order valence-electron chi connectivity index (χ2n) is 5.76. The predicted molar refractivity (Wildman–Crippen MR) is 88.2 cm³/mol. The van der Waals surface area contributed by atoms with Crippen molar-refractivity contribution in [1.29, 1.82) is 0 Å². The predicted octanol–water partition coefficient (Wildman–Crippen LogP) is 3.72. The van der Waals surface area contributed by atoms with Gasteiger partial charge in [-0.2, -0.15) is 0 Å². The van der Waals surface area contributed by atoms with E-state index < -0.39 is 0 Å². The zero-order valence-electron chi connectivity index (χ0n) is 12.6. The van der Waals surface area contributed by atoms with Gasteiger partial charge in [-0.15, -0.1) is 0 Å². The second kappa shape index (κ2) is 6.92. The Balaban J connectivity index is 2.32. The third kappa shape index (κ3) is 3.74. The van der Waals surface area contributed by atoms with Crippen LogP contribution in [0.3, 0.4) is 0 Å². The molecule has 3 nitrogen and oxygen atoms in total. The molecule has 0 radical (unpaired) electrons. The summed E-state index contributed by atoms with van der Waals surface area (Å²) in [4.78, 5) is 2.46. The number of ether oxygens (including phenoxy) is 1. The van der Waals surface area contributed by atoms with E-state index in [-0.39, 0.29) is 6.04 Å². The molecule has 2 N–H and O–H groups in total. The molecule has 2 rings (SSSR count). The van der Waals surface area contributed by atoms with E-state index in [1.54, 1.807) is 7.11 Å². The van der Waals surface area contributed by atoms with Crippen molar-refractivity contribution in [3.63, 3.8) is 0 Å². The van der Waals surface area contributed by atoms with E-state index in [2.05, 4.69) is 46.0 Å². The molecule has 1 aromatic rings. The van der Waals surface area contributed by atoms with Crippen LogP contribution in [-0.4, -0.2) is 26.3 Å². The highest BCUT2D eigenvalue weighted by molar-refractivity contribution is 9.10. The Morgan fingerprint density at radius 1 is 1.40 bits per heavy atom. The number of nitrogens with zero attached hydrogens (tertiary/aromatic N) is 1. The third-order valence-corrected chi connectivity index (χ3v) is 4.62. The highest BCUT2D eigenvalue weighted by atomic mass is 79.9. The molecule has 20 heavy (non-hydrogen) atoms. The van der Waals surface area contributed by atoms with Gasteiger partial charge >= 0.3 is 0 Å². The van der Waals surface area contributed by atoms with Gasteiger partial charge in [0.1, 0.15) is 0 Å². The summed E-state index contributed by atoms with van der Waals surface area (Å²) in [7, 11) is 1.76. The quantitative estimate of drug-likeness (QED) is 0.821. The molecule has 1 aromatic carbocycles. The van der Waals surface area contributed by atoms with Crippen LogP contribution in [0.1, 0.15) is 38.3 Å². The lowest BCUT2D eigenvalue weighted by Gasteiger charge is -2.34. The van der Waals surface area contributed by atoms with Crippen molar-refractivity contribution in [2.45, 2.75) is 38.8 Å². The van der Waals surface area contributed by atoms with E-state index in [1.807, 2.05) is 6.92 Å². The third-order valence-electron chi connectivity index (χ3n) is 4.12. The van der Waals surface area contributed by atoms with Crippen LogP contribution in [-0.2, 0) is 4.74 Å².